The van der Waals surface area contributed by atoms with Crippen LogP contribution in [0.4, 0.5) is 0 Å². The van der Waals surface area contributed by atoms with Gasteiger partial charge in [-0.15, -0.1) is 56.7 Å². The maximum Gasteiger partial charge on any atom is 0.194 e. The molecule has 0 saturated heterocycles. The van der Waals surface area contributed by atoms with Gasteiger partial charge in [0.2, 0.25) is 0 Å². The molecule has 0 radical (unpaired) electrons. The molecule has 17 rings (SSSR count). The van der Waals surface area contributed by atoms with Gasteiger partial charge in [-0.3, -0.25) is 9.59 Å². The van der Waals surface area contributed by atoms with Crippen molar-refractivity contribution in [3.8, 4) is 43.8 Å². The van der Waals surface area contributed by atoms with E-state index in [-0.39, 0.29) is 22.7 Å². The average Bonchev–Trinajstić information content (AvgIpc) is 1.48. The van der Waals surface area contributed by atoms with Crippen molar-refractivity contribution in [2.75, 3.05) is 0 Å². The summed E-state index contributed by atoms with van der Waals surface area (Å²) in [6.07, 6.45) is 57.6. The molecule has 0 unspecified atom stereocenters. The number of fused-ring (bicyclic) bond motifs is 15. The van der Waals surface area contributed by atoms with Crippen molar-refractivity contribution >= 4 is 132 Å². The minimum Gasteiger partial charge on any atom is -0.289 e. The number of benzene rings is 8. The molecule has 13 aromatic rings. The van der Waals surface area contributed by atoms with E-state index in [1.807, 2.05) is 131 Å². The van der Waals surface area contributed by atoms with E-state index in [2.05, 4.69) is 199 Å². The normalized spacial score (nSPS) is 14.4. The highest BCUT2D eigenvalue weighted by molar-refractivity contribution is 7.36. The second-order valence-corrected chi connectivity index (χ2v) is 45.2. The zero-order valence-corrected chi connectivity index (χ0v) is 87.5. The third kappa shape index (κ3) is 20.5. The number of aryl methyl sites for hydroxylation is 8. The molecule has 0 amide bonds. The van der Waals surface area contributed by atoms with Crippen LogP contribution in [0.1, 0.15) is 391 Å². The van der Waals surface area contributed by atoms with Gasteiger partial charge in [-0.25, -0.2) is 0 Å². The van der Waals surface area contributed by atoms with E-state index in [1.165, 1.54) is 281 Å². The third-order valence-electron chi connectivity index (χ3n) is 29.9. The van der Waals surface area contributed by atoms with Crippen LogP contribution in [0.2, 0.25) is 0 Å². The van der Waals surface area contributed by atoms with Gasteiger partial charge in [-0.1, -0.05) is 355 Å². The molecule has 4 aliphatic rings. The Morgan fingerprint density at radius 1 is 0.288 bits per heavy atom. The van der Waals surface area contributed by atoms with Crippen molar-refractivity contribution in [3.63, 3.8) is 0 Å². The molecule has 0 aliphatic heterocycles. The number of nitrogens with zero attached hydrogens (tertiary/aromatic N) is 4. The van der Waals surface area contributed by atoms with Crippen molar-refractivity contribution in [1.29, 1.82) is 21.0 Å². The standard InChI is InChI=1S/C128H136N4O2S5/c1-9-17-25-33-47-85-63-86(48-34-26-18-10-2)68-99(67-85)127(100-69-87(49-35-27-19-11-3)64-88(70-100)50-36-28-20-12-4)111-79-103(59-45-61-105-113(97(81-129)82-130)107-75-93-55-41-43-57-95(93)77-109(107)118(105)133)135-120(111)122-116(127)124-126(138-122)117-125(139-124)123-115(121-112(137-123)80-104(136-121)60-46-62-106-114(98(83-131)84-132)108-76-94-56-42-44-58-96(94)78-110(108)119(106)134)128(117,101-71-89(51-37-29-21-13-5)65-90(72-101)52-38-30-22-14-6)102-73-91(53-39-31-23-15-7)66-92(74-102)54-40-32-24-16-8/h41-46,55-80H,9-40,47-54H2,1-8H3/b59-45+,60-46+,105-61-,106-62-. The van der Waals surface area contributed by atoms with Gasteiger partial charge < -0.3 is 0 Å². The number of ketones is 2. The van der Waals surface area contributed by atoms with Gasteiger partial charge in [0, 0.05) is 64.6 Å². The van der Waals surface area contributed by atoms with E-state index in [0.29, 0.717) is 44.5 Å². The van der Waals surface area contributed by atoms with Crippen molar-refractivity contribution in [2.45, 2.75) is 323 Å². The van der Waals surface area contributed by atoms with Crippen LogP contribution in [0.3, 0.4) is 0 Å². The number of unbranched alkanes of at least 4 members (excludes halogenated alkanes) is 24. The smallest absolute Gasteiger partial charge is 0.194 e. The first-order valence-corrected chi connectivity index (χ1v) is 57.2. The number of nitriles is 4. The molecule has 8 aromatic carbocycles. The highest BCUT2D eigenvalue weighted by Crippen LogP contribution is 2.72. The van der Waals surface area contributed by atoms with Crippen LogP contribution in [0, 0.1) is 45.3 Å². The molecule has 5 aromatic heterocycles. The van der Waals surface area contributed by atoms with Crippen LogP contribution in [0.15, 0.2) is 204 Å². The van der Waals surface area contributed by atoms with Crippen molar-refractivity contribution in [2.24, 2.45) is 0 Å². The molecular formula is C128H136N4O2S5. The van der Waals surface area contributed by atoms with Gasteiger partial charge in [0.1, 0.15) is 35.4 Å². The first-order valence-electron chi connectivity index (χ1n) is 53.1. The fourth-order valence-corrected chi connectivity index (χ4v) is 30.1. The molecule has 11 heteroatoms. The second kappa shape index (κ2) is 46.6. The van der Waals surface area contributed by atoms with E-state index >= 15 is 4.79 Å². The topological polar surface area (TPSA) is 129 Å². The zero-order chi connectivity index (χ0) is 96.5. The van der Waals surface area contributed by atoms with Crippen LogP contribution < -0.4 is 0 Å². The predicted molar refractivity (Wildman–Crippen MR) is 595 cm³/mol. The number of allylic oxidation sites excluding steroid dienone is 10. The molecule has 5 heterocycles. The van der Waals surface area contributed by atoms with Gasteiger partial charge in [-0.05, 0) is 256 Å². The van der Waals surface area contributed by atoms with Crippen LogP contribution in [0.25, 0.3) is 83.2 Å². The lowest BCUT2D eigenvalue weighted by Gasteiger charge is -2.35. The van der Waals surface area contributed by atoms with Gasteiger partial charge in [0.15, 0.2) is 11.6 Å². The van der Waals surface area contributed by atoms with Gasteiger partial charge in [0.25, 0.3) is 0 Å². The Bertz CT molecular complexity index is 6830. The molecule has 0 spiro atoms. The lowest BCUT2D eigenvalue weighted by molar-refractivity contribution is 0.103. The lowest BCUT2D eigenvalue weighted by Crippen LogP contribution is -2.30. The molecular weight excluding hydrogens is 1790 g/mol. The third-order valence-corrected chi connectivity index (χ3v) is 36.3. The highest BCUT2D eigenvalue weighted by Gasteiger charge is 2.57. The van der Waals surface area contributed by atoms with E-state index in [4.69, 9.17) is 0 Å². The summed E-state index contributed by atoms with van der Waals surface area (Å²) in [6, 6.07) is 69.8. The Morgan fingerprint density at radius 2 is 0.568 bits per heavy atom. The Labute approximate surface area is 847 Å². The molecule has 6 nitrogen and oxygen atoms in total. The number of rotatable bonds is 48. The fourth-order valence-electron chi connectivity index (χ4n) is 22.9. The summed E-state index contributed by atoms with van der Waals surface area (Å²) in [5.41, 5.74) is 24.4. The first kappa shape index (κ1) is 99.6. The predicted octanol–water partition coefficient (Wildman–Crippen LogP) is 37.6. The van der Waals surface area contributed by atoms with Crippen molar-refractivity contribution in [3.05, 3.63) is 325 Å². The highest BCUT2D eigenvalue weighted by atomic mass is 32.1. The summed E-state index contributed by atoms with van der Waals surface area (Å²) in [6.45, 7) is 18.7. The summed E-state index contributed by atoms with van der Waals surface area (Å²) in [5.74, 6) is -0.377. The number of carbonyl (C=O) groups is 2. The number of hydrogen-bond acceptors (Lipinski definition) is 11. The molecule has 0 atom stereocenters. The Hall–Kier alpha value is -11.0. The van der Waals surface area contributed by atoms with E-state index in [9.17, 15) is 25.8 Å². The number of carbonyl (C=O) groups excluding carboxylic acids is 2. The lowest BCUT2D eigenvalue weighted by atomic mass is 9.65. The summed E-state index contributed by atoms with van der Waals surface area (Å²) >= 11 is 9.90. The Balaban J connectivity index is 0.986. The van der Waals surface area contributed by atoms with Crippen LogP contribution in [-0.2, 0) is 62.2 Å². The minimum absolute atomic E-state index is 0.0725. The van der Waals surface area contributed by atoms with E-state index in [0.717, 1.165) is 134 Å². The molecule has 710 valence electrons. The average molecular weight is 1920 g/mol. The fraction of sp³-hybridized carbons (Fsp3) is 0.391. The number of thiophene rings is 5. The molecule has 0 saturated carbocycles. The summed E-state index contributed by atoms with van der Waals surface area (Å²) in [4.78, 5) is 37.7. The maximum absolute atomic E-state index is 15.2. The molecule has 0 N–H and O–H groups in total. The second-order valence-electron chi connectivity index (χ2n) is 39.9. The summed E-state index contributed by atoms with van der Waals surface area (Å²) in [5, 5.41) is 46.7. The van der Waals surface area contributed by atoms with Gasteiger partial charge in [0.05, 0.1) is 44.4 Å². The summed E-state index contributed by atoms with van der Waals surface area (Å²) < 4.78 is 5.30. The van der Waals surface area contributed by atoms with Crippen molar-refractivity contribution in [1.82, 2.24) is 0 Å². The number of hydrogen-bond donors (Lipinski definition) is 0. The molecule has 0 fully saturated rings. The molecule has 0 bridgehead atoms. The van der Waals surface area contributed by atoms with E-state index < -0.39 is 10.8 Å². The van der Waals surface area contributed by atoms with Crippen molar-refractivity contribution < 1.29 is 9.59 Å². The zero-order valence-electron chi connectivity index (χ0n) is 83.4. The van der Waals surface area contributed by atoms with Gasteiger partial charge in [-0.2, -0.15) is 21.0 Å². The Morgan fingerprint density at radius 3 is 0.885 bits per heavy atom. The molecule has 139 heavy (non-hydrogen) atoms. The van der Waals surface area contributed by atoms with Crippen LogP contribution >= 0.6 is 56.7 Å². The first-order chi connectivity index (χ1) is 68.2. The monoisotopic (exact) mass is 1920 g/mol. The van der Waals surface area contributed by atoms with Crippen LogP contribution in [-0.4, -0.2) is 11.6 Å². The van der Waals surface area contributed by atoms with Gasteiger partial charge >= 0.3 is 0 Å². The van der Waals surface area contributed by atoms with Crippen LogP contribution in [0.5, 0.6) is 0 Å². The SMILES string of the molecule is CCCCCCc1cc(CCCCCC)cc(C2(c3cc(CCCCCC)cc(CCCCCC)c3)c3cc(/C=C/C=C4\C(=O)c5cc6ccccc6cc5C4=C(C#N)C#N)sc3-c3sc4c5c(sc4c32)-c2sc3cc(/C=C/C=C4\C(=O)c6cc7ccccc7cc6C4=C(C#N)C#N)sc3c2C5(c2cc(CCCCCC)cc(CCCCCC)c2)c2cc(CCCCCC)cc(CCCCCC)c2)c1. The quantitative estimate of drug-likeness (QED) is 0.0212. The summed E-state index contributed by atoms with van der Waals surface area (Å²) in [7, 11) is 0. The molecule has 4 aliphatic carbocycles. The maximum atomic E-state index is 15.2. The van der Waals surface area contributed by atoms with E-state index in [1.54, 1.807) is 0 Å². The largest absolute Gasteiger partial charge is 0.289 e. The minimum atomic E-state index is -0.830. The number of Topliss-reactive ketones (excluding diaryl/α,β-unsaturated/α-hetero) is 2. The Kier molecular flexibility index (Phi) is 33.4.